The Labute approximate surface area is 143 Å². The molecule has 0 spiro atoms. The Balaban J connectivity index is 1.49. The SMILES string of the molecule is Cc1ccc(-c2noc([C@H]3CC(=O)N(Cc4cccs4)C3)n2)cc1. The number of carbonyl (C=O) groups is 1. The lowest BCUT2D eigenvalue weighted by Crippen LogP contribution is -2.23. The van der Waals surface area contributed by atoms with Crippen LogP contribution in [0.15, 0.2) is 46.3 Å². The van der Waals surface area contributed by atoms with E-state index in [1.165, 1.54) is 10.4 Å². The van der Waals surface area contributed by atoms with E-state index in [1.807, 2.05) is 53.6 Å². The van der Waals surface area contributed by atoms with Crippen LogP contribution < -0.4 is 0 Å². The predicted molar refractivity (Wildman–Crippen MR) is 91.6 cm³/mol. The van der Waals surface area contributed by atoms with Crippen LogP contribution in [0.1, 0.15) is 28.7 Å². The largest absolute Gasteiger partial charge is 0.339 e. The average molecular weight is 339 g/mol. The van der Waals surface area contributed by atoms with E-state index in [-0.39, 0.29) is 11.8 Å². The molecule has 1 aromatic carbocycles. The van der Waals surface area contributed by atoms with E-state index in [4.69, 9.17) is 4.52 Å². The predicted octanol–water partition coefficient (Wildman–Crippen LogP) is 3.62. The van der Waals surface area contributed by atoms with Gasteiger partial charge in [0.15, 0.2) is 0 Å². The normalized spacial score (nSPS) is 17.6. The van der Waals surface area contributed by atoms with Crippen LogP contribution >= 0.6 is 11.3 Å². The van der Waals surface area contributed by atoms with Crippen LogP contribution in [0.4, 0.5) is 0 Å². The molecule has 24 heavy (non-hydrogen) atoms. The van der Waals surface area contributed by atoms with Gasteiger partial charge in [0.1, 0.15) is 0 Å². The topological polar surface area (TPSA) is 59.2 Å². The minimum Gasteiger partial charge on any atom is -0.339 e. The van der Waals surface area contributed by atoms with Crippen molar-refractivity contribution < 1.29 is 9.32 Å². The van der Waals surface area contributed by atoms with Crippen LogP contribution in [-0.2, 0) is 11.3 Å². The Bertz CT molecular complexity index is 840. The molecule has 0 bridgehead atoms. The molecule has 6 heteroatoms. The van der Waals surface area contributed by atoms with E-state index in [0.29, 0.717) is 31.2 Å². The van der Waals surface area contributed by atoms with Crippen LogP contribution in [-0.4, -0.2) is 27.5 Å². The van der Waals surface area contributed by atoms with Gasteiger partial charge in [0.05, 0.1) is 12.5 Å². The highest BCUT2D eigenvalue weighted by atomic mass is 32.1. The summed E-state index contributed by atoms with van der Waals surface area (Å²) in [5, 5.41) is 6.10. The number of hydrogen-bond donors (Lipinski definition) is 0. The van der Waals surface area contributed by atoms with Crippen LogP contribution in [0.2, 0.25) is 0 Å². The third kappa shape index (κ3) is 2.97. The molecule has 0 radical (unpaired) electrons. The molecule has 4 rings (SSSR count). The third-order valence-corrected chi connectivity index (χ3v) is 5.10. The average Bonchev–Trinajstić information content (AvgIpc) is 3.31. The minimum atomic E-state index is -0.0239. The Morgan fingerprint density at radius 2 is 2.12 bits per heavy atom. The molecule has 2 aromatic heterocycles. The zero-order valence-corrected chi connectivity index (χ0v) is 14.1. The Morgan fingerprint density at radius 1 is 1.29 bits per heavy atom. The van der Waals surface area contributed by atoms with Gasteiger partial charge in [-0.05, 0) is 18.4 Å². The summed E-state index contributed by atoms with van der Waals surface area (Å²) < 4.78 is 5.43. The van der Waals surface area contributed by atoms with Crippen LogP contribution in [0.3, 0.4) is 0 Å². The summed E-state index contributed by atoms with van der Waals surface area (Å²) in [5.41, 5.74) is 2.11. The number of hydrogen-bond acceptors (Lipinski definition) is 5. The van der Waals surface area contributed by atoms with Gasteiger partial charge in [0, 0.05) is 23.4 Å². The molecule has 1 aliphatic heterocycles. The number of carbonyl (C=O) groups excluding carboxylic acids is 1. The molecule has 1 amide bonds. The number of amides is 1. The molecule has 1 atom stereocenters. The Hall–Kier alpha value is -2.47. The lowest BCUT2D eigenvalue weighted by atomic mass is 10.1. The van der Waals surface area contributed by atoms with Crippen molar-refractivity contribution in [2.45, 2.75) is 25.8 Å². The van der Waals surface area contributed by atoms with Gasteiger partial charge in [0.2, 0.25) is 17.6 Å². The molecule has 1 fully saturated rings. The summed E-state index contributed by atoms with van der Waals surface area (Å²) in [7, 11) is 0. The van der Waals surface area contributed by atoms with Crippen LogP contribution in [0, 0.1) is 6.92 Å². The molecule has 1 aliphatic rings. The first-order valence-corrected chi connectivity index (χ1v) is 8.78. The summed E-state index contributed by atoms with van der Waals surface area (Å²) in [4.78, 5) is 19.8. The molecule has 0 saturated carbocycles. The van der Waals surface area contributed by atoms with Gasteiger partial charge in [0.25, 0.3) is 0 Å². The summed E-state index contributed by atoms with van der Waals surface area (Å²) >= 11 is 1.67. The Kier molecular flexibility index (Phi) is 3.90. The van der Waals surface area contributed by atoms with E-state index in [2.05, 4.69) is 10.1 Å². The fraction of sp³-hybridized carbons (Fsp3) is 0.278. The fourth-order valence-corrected chi connectivity index (χ4v) is 3.62. The Morgan fingerprint density at radius 3 is 2.88 bits per heavy atom. The number of aromatic nitrogens is 2. The summed E-state index contributed by atoms with van der Waals surface area (Å²) in [5.74, 6) is 1.24. The van der Waals surface area contributed by atoms with Crippen LogP contribution in [0.5, 0.6) is 0 Å². The molecule has 3 heterocycles. The summed E-state index contributed by atoms with van der Waals surface area (Å²) in [6.45, 7) is 3.33. The van der Waals surface area contributed by atoms with E-state index in [9.17, 15) is 4.79 Å². The number of benzene rings is 1. The molecular weight excluding hydrogens is 322 g/mol. The fourth-order valence-electron chi connectivity index (χ4n) is 2.90. The maximum Gasteiger partial charge on any atom is 0.232 e. The molecular formula is C18H17N3O2S. The lowest BCUT2D eigenvalue weighted by Gasteiger charge is -2.14. The van der Waals surface area contributed by atoms with Crippen molar-refractivity contribution >= 4 is 17.2 Å². The highest BCUT2D eigenvalue weighted by molar-refractivity contribution is 7.09. The molecule has 0 unspecified atom stereocenters. The second-order valence-corrected chi connectivity index (χ2v) is 7.11. The molecule has 0 aliphatic carbocycles. The van der Waals surface area contributed by atoms with Crippen molar-refractivity contribution in [3.05, 3.63) is 58.1 Å². The molecule has 0 N–H and O–H groups in total. The maximum absolute atomic E-state index is 12.2. The number of likely N-dealkylation sites (tertiary alicyclic amines) is 1. The second-order valence-electron chi connectivity index (χ2n) is 6.08. The van der Waals surface area contributed by atoms with Crippen molar-refractivity contribution in [1.29, 1.82) is 0 Å². The molecule has 5 nitrogen and oxygen atoms in total. The molecule has 3 aromatic rings. The number of thiophene rings is 1. The van der Waals surface area contributed by atoms with Gasteiger partial charge in [-0.25, -0.2) is 0 Å². The first-order valence-electron chi connectivity index (χ1n) is 7.90. The third-order valence-electron chi connectivity index (χ3n) is 4.24. The van der Waals surface area contributed by atoms with E-state index >= 15 is 0 Å². The van der Waals surface area contributed by atoms with Crippen molar-refractivity contribution in [3.8, 4) is 11.4 Å². The van der Waals surface area contributed by atoms with Gasteiger partial charge < -0.3 is 9.42 Å². The van der Waals surface area contributed by atoms with Crippen molar-refractivity contribution in [2.75, 3.05) is 6.54 Å². The number of aryl methyl sites for hydroxylation is 1. The standard InChI is InChI=1S/C18H17N3O2S/c1-12-4-6-13(7-5-12)17-19-18(23-20-17)14-9-16(22)21(10-14)11-15-3-2-8-24-15/h2-8,14H,9-11H2,1H3/t14-/m0/s1. The van der Waals surface area contributed by atoms with Gasteiger partial charge in [-0.2, -0.15) is 4.98 Å². The molecule has 122 valence electrons. The van der Waals surface area contributed by atoms with E-state index in [1.54, 1.807) is 11.3 Å². The second kappa shape index (κ2) is 6.20. The quantitative estimate of drug-likeness (QED) is 0.728. The maximum atomic E-state index is 12.2. The minimum absolute atomic E-state index is 0.0239. The van der Waals surface area contributed by atoms with Crippen molar-refractivity contribution in [2.24, 2.45) is 0 Å². The summed E-state index contributed by atoms with van der Waals surface area (Å²) in [6.07, 6.45) is 0.431. The van der Waals surface area contributed by atoms with Gasteiger partial charge in [-0.1, -0.05) is 41.1 Å². The van der Waals surface area contributed by atoms with Gasteiger partial charge >= 0.3 is 0 Å². The van der Waals surface area contributed by atoms with Crippen LogP contribution in [0.25, 0.3) is 11.4 Å². The van der Waals surface area contributed by atoms with E-state index < -0.39 is 0 Å². The smallest absolute Gasteiger partial charge is 0.232 e. The highest BCUT2D eigenvalue weighted by Gasteiger charge is 2.34. The number of rotatable bonds is 4. The lowest BCUT2D eigenvalue weighted by molar-refractivity contribution is -0.128. The van der Waals surface area contributed by atoms with Crippen molar-refractivity contribution in [3.63, 3.8) is 0 Å². The zero-order valence-electron chi connectivity index (χ0n) is 13.3. The first kappa shape index (κ1) is 15.1. The van der Waals surface area contributed by atoms with E-state index in [0.717, 1.165) is 5.56 Å². The van der Waals surface area contributed by atoms with Gasteiger partial charge in [-0.15, -0.1) is 11.3 Å². The monoisotopic (exact) mass is 339 g/mol. The zero-order chi connectivity index (χ0) is 16.5. The summed E-state index contributed by atoms with van der Waals surface area (Å²) in [6, 6.07) is 12.1. The number of nitrogens with zero attached hydrogens (tertiary/aromatic N) is 3. The highest BCUT2D eigenvalue weighted by Crippen LogP contribution is 2.30. The molecule has 1 saturated heterocycles. The van der Waals surface area contributed by atoms with Crippen molar-refractivity contribution in [1.82, 2.24) is 15.0 Å². The van der Waals surface area contributed by atoms with Gasteiger partial charge in [-0.3, -0.25) is 4.79 Å². The first-order chi connectivity index (χ1) is 11.7.